The number of benzene rings is 2. The Morgan fingerprint density at radius 3 is 2.28 bits per heavy atom. The molecule has 0 spiro atoms. The molecule has 2 aromatic rings. The van der Waals surface area contributed by atoms with E-state index in [1.54, 1.807) is 54.4 Å². The van der Waals surface area contributed by atoms with Gasteiger partial charge < -0.3 is 9.64 Å². The summed E-state index contributed by atoms with van der Waals surface area (Å²) in [6.07, 6.45) is 1.16. The number of rotatable bonds is 5. The fraction of sp³-hybridized carbons (Fsp3) is 0.278. The van der Waals surface area contributed by atoms with E-state index in [4.69, 9.17) is 16.3 Å². The highest BCUT2D eigenvalue weighted by Gasteiger charge is 2.22. The van der Waals surface area contributed by atoms with Gasteiger partial charge in [-0.15, -0.1) is 0 Å². The monoisotopic (exact) mass is 381 g/mol. The molecule has 2 rings (SSSR count). The van der Waals surface area contributed by atoms with Gasteiger partial charge in [-0.1, -0.05) is 23.7 Å². The molecule has 0 aliphatic carbocycles. The fourth-order valence-electron chi connectivity index (χ4n) is 2.43. The lowest BCUT2D eigenvalue weighted by molar-refractivity contribution is 0.0739. The second-order valence-electron chi connectivity index (χ2n) is 5.78. The lowest BCUT2D eigenvalue weighted by atomic mass is 10.1. The van der Waals surface area contributed by atoms with E-state index in [0.717, 1.165) is 11.8 Å². The van der Waals surface area contributed by atoms with Crippen LogP contribution < -0.4 is 4.74 Å². The van der Waals surface area contributed by atoms with E-state index >= 15 is 0 Å². The summed E-state index contributed by atoms with van der Waals surface area (Å²) in [5.74, 6) is 0.208. The van der Waals surface area contributed by atoms with Crippen molar-refractivity contribution in [1.82, 2.24) is 4.90 Å². The standard InChI is InChI=1S/C18H20ClNO4S/c1-12(13-5-8-15(9-6-13)25(4,22)23)20(2)18(21)16-11-14(19)7-10-17(16)24-3/h5-12H,1-4H3. The van der Waals surface area contributed by atoms with Crippen molar-refractivity contribution in [3.8, 4) is 5.75 Å². The molecule has 134 valence electrons. The third-order valence-electron chi connectivity index (χ3n) is 4.08. The van der Waals surface area contributed by atoms with Crippen LogP contribution in [0.25, 0.3) is 0 Å². The summed E-state index contributed by atoms with van der Waals surface area (Å²) in [5.41, 5.74) is 1.20. The number of methoxy groups -OCH3 is 1. The number of carbonyl (C=O) groups excluding carboxylic acids is 1. The van der Waals surface area contributed by atoms with E-state index < -0.39 is 9.84 Å². The lowest BCUT2D eigenvalue weighted by Gasteiger charge is -2.26. The van der Waals surface area contributed by atoms with Gasteiger partial charge in [0.05, 0.1) is 23.6 Å². The maximum atomic E-state index is 12.8. The maximum absolute atomic E-state index is 12.8. The van der Waals surface area contributed by atoms with Gasteiger partial charge >= 0.3 is 0 Å². The molecule has 1 amide bonds. The minimum atomic E-state index is -3.25. The number of halogens is 1. The Kier molecular flexibility index (Phi) is 5.75. The van der Waals surface area contributed by atoms with E-state index in [1.807, 2.05) is 6.92 Å². The summed E-state index contributed by atoms with van der Waals surface area (Å²) in [5, 5.41) is 0.447. The number of sulfone groups is 1. The van der Waals surface area contributed by atoms with Crippen LogP contribution >= 0.6 is 11.6 Å². The predicted octanol–water partition coefficient (Wildman–Crippen LogP) is 3.59. The summed E-state index contributed by atoms with van der Waals surface area (Å²) < 4.78 is 28.3. The third-order valence-corrected chi connectivity index (χ3v) is 5.45. The zero-order valence-corrected chi connectivity index (χ0v) is 16.1. The van der Waals surface area contributed by atoms with Gasteiger partial charge in [0.2, 0.25) is 0 Å². The zero-order chi connectivity index (χ0) is 18.8. The van der Waals surface area contributed by atoms with Gasteiger partial charge in [0.1, 0.15) is 5.75 Å². The second kappa shape index (κ2) is 7.45. The smallest absolute Gasteiger partial charge is 0.257 e. The summed E-state index contributed by atoms with van der Waals surface area (Å²) >= 11 is 6.00. The molecule has 0 saturated carbocycles. The van der Waals surface area contributed by atoms with Crippen LogP contribution in [-0.2, 0) is 9.84 Å². The zero-order valence-electron chi connectivity index (χ0n) is 14.5. The first kappa shape index (κ1) is 19.3. The van der Waals surface area contributed by atoms with Crippen LogP contribution in [0.1, 0.15) is 28.9 Å². The van der Waals surface area contributed by atoms with Crippen molar-refractivity contribution in [2.75, 3.05) is 20.4 Å². The van der Waals surface area contributed by atoms with E-state index in [0.29, 0.717) is 16.3 Å². The average molecular weight is 382 g/mol. The lowest BCUT2D eigenvalue weighted by Crippen LogP contribution is -2.30. The van der Waals surface area contributed by atoms with Crippen molar-refractivity contribution in [3.63, 3.8) is 0 Å². The summed E-state index contributed by atoms with van der Waals surface area (Å²) in [6.45, 7) is 1.87. The second-order valence-corrected chi connectivity index (χ2v) is 8.23. The van der Waals surface area contributed by atoms with E-state index in [-0.39, 0.29) is 16.8 Å². The van der Waals surface area contributed by atoms with E-state index in [2.05, 4.69) is 0 Å². The molecule has 0 N–H and O–H groups in total. The SMILES string of the molecule is COc1ccc(Cl)cc1C(=O)N(C)C(C)c1ccc(S(C)(=O)=O)cc1. The molecular formula is C18H20ClNO4S. The van der Waals surface area contributed by atoms with Crippen molar-refractivity contribution >= 4 is 27.3 Å². The number of hydrogen-bond donors (Lipinski definition) is 0. The summed E-state index contributed by atoms with van der Waals surface area (Å²) in [7, 11) is -0.0786. The molecule has 25 heavy (non-hydrogen) atoms. The quantitative estimate of drug-likeness (QED) is 0.794. The van der Waals surface area contributed by atoms with Gasteiger partial charge in [0.15, 0.2) is 9.84 Å². The van der Waals surface area contributed by atoms with E-state index in [1.165, 1.54) is 7.11 Å². The highest BCUT2D eigenvalue weighted by Crippen LogP contribution is 2.27. The van der Waals surface area contributed by atoms with Crippen molar-refractivity contribution < 1.29 is 17.9 Å². The van der Waals surface area contributed by atoms with Gasteiger partial charge in [0.25, 0.3) is 5.91 Å². The minimum absolute atomic E-state index is 0.237. The Bertz CT molecular complexity index is 878. The highest BCUT2D eigenvalue weighted by atomic mass is 35.5. The molecular weight excluding hydrogens is 362 g/mol. The van der Waals surface area contributed by atoms with E-state index in [9.17, 15) is 13.2 Å². The average Bonchev–Trinajstić information content (AvgIpc) is 2.59. The largest absolute Gasteiger partial charge is 0.496 e. The number of carbonyl (C=O) groups is 1. The van der Waals surface area contributed by atoms with Crippen LogP contribution in [0.2, 0.25) is 5.02 Å². The topological polar surface area (TPSA) is 63.7 Å². The van der Waals surface area contributed by atoms with Gasteiger partial charge in [-0.2, -0.15) is 0 Å². The van der Waals surface area contributed by atoms with Crippen LogP contribution in [0.3, 0.4) is 0 Å². The molecule has 0 aliphatic rings. The molecule has 1 atom stereocenters. The van der Waals surface area contributed by atoms with Crippen molar-refractivity contribution in [2.24, 2.45) is 0 Å². The summed E-state index contributed by atoms with van der Waals surface area (Å²) in [4.78, 5) is 14.6. The molecule has 0 aliphatic heterocycles. The third kappa shape index (κ3) is 4.32. The number of nitrogens with zero attached hydrogens (tertiary/aromatic N) is 1. The van der Waals surface area contributed by atoms with Crippen LogP contribution in [-0.4, -0.2) is 39.6 Å². The van der Waals surface area contributed by atoms with Gasteiger partial charge in [-0.25, -0.2) is 8.42 Å². The molecule has 0 bridgehead atoms. The fourth-order valence-corrected chi connectivity index (χ4v) is 3.23. The minimum Gasteiger partial charge on any atom is -0.496 e. The first-order chi connectivity index (χ1) is 11.6. The van der Waals surface area contributed by atoms with Crippen molar-refractivity contribution in [2.45, 2.75) is 17.9 Å². The van der Waals surface area contributed by atoms with Crippen LogP contribution in [0.5, 0.6) is 5.75 Å². The molecule has 0 heterocycles. The molecule has 1 unspecified atom stereocenters. The molecule has 5 nitrogen and oxygen atoms in total. The number of hydrogen-bond acceptors (Lipinski definition) is 4. The predicted molar refractivity (Wildman–Crippen MR) is 98.1 cm³/mol. The van der Waals surface area contributed by atoms with Crippen LogP contribution in [0.4, 0.5) is 0 Å². The van der Waals surface area contributed by atoms with Crippen LogP contribution in [0.15, 0.2) is 47.4 Å². The summed E-state index contributed by atoms with van der Waals surface area (Å²) in [6, 6.07) is 11.1. The number of amides is 1. The number of ether oxygens (including phenoxy) is 1. The first-order valence-electron chi connectivity index (χ1n) is 7.56. The van der Waals surface area contributed by atoms with Gasteiger partial charge in [-0.05, 0) is 42.8 Å². The van der Waals surface area contributed by atoms with Crippen LogP contribution in [0, 0.1) is 0 Å². The Hall–Kier alpha value is -2.05. The highest BCUT2D eigenvalue weighted by molar-refractivity contribution is 7.90. The molecule has 2 aromatic carbocycles. The van der Waals surface area contributed by atoms with Crippen molar-refractivity contribution in [3.05, 3.63) is 58.6 Å². The Morgan fingerprint density at radius 1 is 1.16 bits per heavy atom. The normalized spacial score (nSPS) is 12.5. The Labute approximate surface area is 153 Å². The molecule has 0 radical (unpaired) electrons. The molecule has 0 saturated heterocycles. The van der Waals surface area contributed by atoms with Gasteiger partial charge in [0, 0.05) is 18.3 Å². The molecule has 0 aromatic heterocycles. The molecule has 0 fully saturated rings. The first-order valence-corrected chi connectivity index (χ1v) is 9.83. The maximum Gasteiger partial charge on any atom is 0.257 e. The van der Waals surface area contributed by atoms with Gasteiger partial charge in [-0.3, -0.25) is 4.79 Å². The van der Waals surface area contributed by atoms with Crippen molar-refractivity contribution in [1.29, 1.82) is 0 Å². The Morgan fingerprint density at radius 2 is 1.76 bits per heavy atom. The Balaban J connectivity index is 2.29. The molecule has 7 heteroatoms.